The monoisotopic (exact) mass is 374 g/mol. The molecule has 1 heterocycles. The molecule has 0 bridgehead atoms. The molecule has 1 N–H and O–H groups in total. The van der Waals surface area contributed by atoms with E-state index in [1.165, 1.54) is 18.2 Å². The van der Waals surface area contributed by atoms with Gasteiger partial charge in [-0.25, -0.2) is 0 Å². The highest BCUT2D eigenvalue weighted by atomic mass is 16.5. The third-order valence-electron chi connectivity index (χ3n) is 5.48. The average molecular weight is 375 g/mol. The van der Waals surface area contributed by atoms with Crippen molar-refractivity contribution in [3.8, 4) is 0 Å². The first-order chi connectivity index (χ1) is 12.9. The molecule has 150 valence electrons. The standard InChI is InChI=1S/C21H34N4O2/c1-15(2)24(5)13-18-10-8-7-9-17(18)11-23-21(22-4)25-12-16(3)19(14-25)20(26)27-6/h7-10,15-16,19H,11-14H2,1-6H3,(H,22,23). The molecule has 6 heteroatoms. The van der Waals surface area contributed by atoms with Gasteiger partial charge < -0.3 is 15.0 Å². The van der Waals surface area contributed by atoms with Crippen LogP contribution in [0.3, 0.4) is 0 Å². The molecular formula is C21H34N4O2. The van der Waals surface area contributed by atoms with E-state index in [-0.39, 0.29) is 17.8 Å². The van der Waals surface area contributed by atoms with E-state index >= 15 is 0 Å². The summed E-state index contributed by atoms with van der Waals surface area (Å²) in [6, 6.07) is 9.01. The smallest absolute Gasteiger partial charge is 0.310 e. The quantitative estimate of drug-likeness (QED) is 0.471. The number of ether oxygens (including phenoxy) is 1. The Morgan fingerprint density at radius 3 is 2.59 bits per heavy atom. The molecule has 2 unspecified atom stereocenters. The molecule has 1 aliphatic heterocycles. The minimum absolute atomic E-state index is 0.0967. The van der Waals surface area contributed by atoms with Crippen LogP contribution < -0.4 is 5.32 Å². The SMILES string of the molecule is CN=C(NCc1ccccc1CN(C)C(C)C)N1CC(C)C(C(=O)OC)C1. The van der Waals surface area contributed by atoms with E-state index in [1.54, 1.807) is 7.05 Å². The van der Waals surface area contributed by atoms with Crippen LogP contribution in [0.2, 0.25) is 0 Å². The Labute approximate surface area is 163 Å². The molecule has 0 aliphatic carbocycles. The molecule has 1 saturated heterocycles. The van der Waals surface area contributed by atoms with Gasteiger partial charge in [-0.15, -0.1) is 0 Å². The van der Waals surface area contributed by atoms with Crippen LogP contribution in [0.1, 0.15) is 31.9 Å². The van der Waals surface area contributed by atoms with Gasteiger partial charge in [0.25, 0.3) is 0 Å². The highest BCUT2D eigenvalue weighted by molar-refractivity contribution is 5.82. The van der Waals surface area contributed by atoms with Crippen molar-refractivity contribution < 1.29 is 9.53 Å². The Balaban J connectivity index is 2.02. The Kier molecular flexibility index (Phi) is 7.66. The van der Waals surface area contributed by atoms with E-state index in [0.29, 0.717) is 19.1 Å². The number of nitrogens with one attached hydrogen (secondary N) is 1. The summed E-state index contributed by atoms with van der Waals surface area (Å²) in [5, 5.41) is 3.47. The summed E-state index contributed by atoms with van der Waals surface area (Å²) in [4.78, 5) is 20.9. The third kappa shape index (κ3) is 5.45. The van der Waals surface area contributed by atoms with Gasteiger partial charge >= 0.3 is 5.97 Å². The van der Waals surface area contributed by atoms with Crippen molar-refractivity contribution in [2.75, 3.05) is 34.3 Å². The lowest BCUT2D eigenvalue weighted by atomic mass is 9.99. The fourth-order valence-corrected chi connectivity index (χ4v) is 3.44. The number of hydrogen-bond acceptors (Lipinski definition) is 4. The van der Waals surface area contributed by atoms with Crippen molar-refractivity contribution in [2.24, 2.45) is 16.8 Å². The van der Waals surface area contributed by atoms with Crippen LogP contribution in [0.15, 0.2) is 29.3 Å². The van der Waals surface area contributed by atoms with Crippen LogP contribution in [0.25, 0.3) is 0 Å². The van der Waals surface area contributed by atoms with Gasteiger partial charge in [0.15, 0.2) is 5.96 Å². The molecule has 1 aromatic carbocycles. The summed E-state index contributed by atoms with van der Waals surface area (Å²) in [6.07, 6.45) is 0. The molecule has 27 heavy (non-hydrogen) atoms. The molecule has 2 atom stereocenters. The maximum atomic E-state index is 11.9. The van der Waals surface area contributed by atoms with Crippen molar-refractivity contribution in [3.63, 3.8) is 0 Å². The predicted octanol–water partition coefficient (Wildman–Crippen LogP) is 2.34. The largest absolute Gasteiger partial charge is 0.469 e. The van der Waals surface area contributed by atoms with E-state index in [2.05, 4.69) is 72.2 Å². The lowest BCUT2D eigenvalue weighted by Gasteiger charge is -2.24. The zero-order valence-electron chi connectivity index (χ0n) is 17.5. The summed E-state index contributed by atoms with van der Waals surface area (Å²) >= 11 is 0. The Morgan fingerprint density at radius 2 is 2.00 bits per heavy atom. The molecule has 1 aliphatic rings. The molecule has 6 nitrogen and oxygen atoms in total. The Morgan fingerprint density at radius 1 is 1.33 bits per heavy atom. The van der Waals surface area contributed by atoms with Crippen LogP contribution in [-0.2, 0) is 22.6 Å². The number of nitrogens with zero attached hydrogens (tertiary/aromatic N) is 3. The van der Waals surface area contributed by atoms with Crippen molar-refractivity contribution in [3.05, 3.63) is 35.4 Å². The van der Waals surface area contributed by atoms with E-state index in [9.17, 15) is 4.79 Å². The lowest BCUT2D eigenvalue weighted by Crippen LogP contribution is -2.40. The molecule has 2 rings (SSSR count). The molecule has 0 radical (unpaired) electrons. The van der Waals surface area contributed by atoms with Gasteiger partial charge in [-0.3, -0.25) is 14.7 Å². The molecule has 0 amide bonds. The second-order valence-corrected chi connectivity index (χ2v) is 7.69. The topological polar surface area (TPSA) is 57.2 Å². The lowest BCUT2D eigenvalue weighted by molar-refractivity contribution is -0.145. The molecule has 0 spiro atoms. The number of benzene rings is 1. The highest BCUT2D eigenvalue weighted by Gasteiger charge is 2.36. The number of likely N-dealkylation sites (tertiary alicyclic amines) is 1. The van der Waals surface area contributed by atoms with E-state index in [4.69, 9.17) is 4.74 Å². The van der Waals surface area contributed by atoms with Crippen molar-refractivity contribution in [1.82, 2.24) is 15.1 Å². The maximum Gasteiger partial charge on any atom is 0.310 e. The minimum atomic E-state index is -0.137. The summed E-state index contributed by atoms with van der Waals surface area (Å²) in [5.74, 6) is 0.853. The minimum Gasteiger partial charge on any atom is -0.469 e. The van der Waals surface area contributed by atoms with Crippen LogP contribution >= 0.6 is 0 Å². The van der Waals surface area contributed by atoms with Crippen LogP contribution in [-0.4, -0.2) is 62.1 Å². The zero-order chi connectivity index (χ0) is 20.0. The van der Waals surface area contributed by atoms with E-state index < -0.39 is 0 Å². The van der Waals surface area contributed by atoms with Gasteiger partial charge in [0.2, 0.25) is 0 Å². The molecule has 0 aromatic heterocycles. The molecular weight excluding hydrogens is 340 g/mol. The first-order valence-corrected chi connectivity index (χ1v) is 9.67. The number of hydrogen-bond donors (Lipinski definition) is 1. The summed E-state index contributed by atoms with van der Waals surface area (Å²) in [6.45, 7) is 9.57. The Hall–Kier alpha value is -2.08. The fourth-order valence-electron chi connectivity index (χ4n) is 3.44. The summed E-state index contributed by atoms with van der Waals surface area (Å²) < 4.78 is 4.94. The van der Waals surface area contributed by atoms with E-state index in [1.807, 2.05) is 0 Å². The molecule has 1 fully saturated rings. The summed E-state index contributed by atoms with van der Waals surface area (Å²) in [5.41, 5.74) is 2.58. The van der Waals surface area contributed by atoms with Crippen LogP contribution in [0.5, 0.6) is 0 Å². The van der Waals surface area contributed by atoms with Crippen molar-refractivity contribution in [2.45, 2.75) is 39.9 Å². The number of rotatable bonds is 6. The van der Waals surface area contributed by atoms with Gasteiger partial charge in [-0.2, -0.15) is 0 Å². The highest BCUT2D eigenvalue weighted by Crippen LogP contribution is 2.24. The van der Waals surface area contributed by atoms with Crippen molar-refractivity contribution in [1.29, 1.82) is 0 Å². The predicted molar refractivity (Wildman–Crippen MR) is 109 cm³/mol. The van der Waals surface area contributed by atoms with Gasteiger partial charge in [0.1, 0.15) is 0 Å². The van der Waals surface area contributed by atoms with Gasteiger partial charge in [-0.05, 0) is 37.9 Å². The number of esters is 1. The number of guanidine groups is 1. The zero-order valence-corrected chi connectivity index (χ0v) is 17.5. The number of methoxy groups -OCH3 is 1. The molecule has 1 aromatic rings. The Bertz CT molecular complexity index is 659. The second-order valence-electron chi connectivity index (χ2n) is 7.69. The number of carbonyl (C=O) groups is 1. The van der Waals surface area contributed by atoms with Crippen LogP contribution in [0, 0.1) is 11.8 Å². The van der Waals surface area contributed by atoms with Gasteiger partial charge in [0, 0.05) is 39.3 Å². The third-order valence-corrected chi connectivity index (χ3v) is 5.48. The van der Waals surface area contributed by atoms with E-state index in [0.717, 1.165) is 19.0 Å². The van der Waals surface area contributed by atoms with Gasteiger partial charge in [0.05, 0.1) is 13.0 Å². The fraction of sp³-hybridized carbons (Fsp3) is 0.619. The number of aliphatic imine (C=N–C) groups is 1. The van der Waals surface area contributed by atoms with Crippen molar-refractivity contribution >= 4 is 11.9 Å². The first-order valence-electron chi connectivity index (χ1n) is 9.67. The normalized spacial score (nSPS) is 20.4. The molecule has 0 saturated carbocycles. The second kappa shape index (κ2) is 9.74. The number of carbonyl (C=O) groups excluding carboxylic acids is 1. The average Bonchev–Trinajstić information content (AvgIpc) is 3.04. The van der Waals surface area contributed by atoms with Crippen LogP contribution in [0.4, 0.5) is 0 Å². The summed E-state index contributed by atoms with van der Waals surface area (Å²) in [7, 11) is 5.39. The first kappa shape index (κ1) is 21.2. The van der Waals surface area contributed by atoms with Gasteiger partial charge in [-0.1, -0.05) is 31.2 Å². The maximum absolute atomic E-state index is 11.9.